The van der Waals surface area contributed by atoms with E-state index in [0.717, 1.165) is 145 Å². The van der Waals surface area contributed by atoms with Gasteiger partial charge in [-0.25, -0.2) is 19.9 Å². The second-order valence-electron chi connectivity index (χ2n) is 28.1. The van der Waals surface area contributed by atoms with Crippen molar-refractivity contribution < 1.29 is 35.8 Å². The van der Waals surface area contributed by atoms with Gasteiger partial charge in [-0.15, -0.1) is 22.7 Å². The van der Waals surface area contributed by atoms with Crippen molar-refractivity contribution in [3.05, 3.63) is 154 Å². The first-order valence-corrected chi connectivity index (χ1v) is 38.7. The molecular formula is C86H98F6N4O2S2. The van der Waals surface area contributed by atoms with Crippen LogP contribution >= 0.6 is 22.7 Å². The van der Waals surface area contributed by atoms with E-state index in [0.29, 0.717) is 97.4 Å². The van der Waals surface area contributed by atoms with Gasteiger partial charge < -0.3 is 9.47 Å². The zero-order chi connectivity index (χ0) is 70.5. The summed E-state index contributed by atoms with van der Waals surface area (Å²) >= 11 is 3.36. The number of hydrogen-bond acceptors (Lipinski definition) is 8. The van der Waals surface area contributed by atoms with Gasteiger partial charge >= 0.3 is 12.4 Å². The second kappa shape index (κ2) is 34.0. The highest BCUT2D eigenvalue weighted by molar-refractivity contribution is 7.23. The fourth-order valence-corrected chi connectivity index (χ4v) is 16.4. The standard InChI is InChI=1S/C86H98F6N4O2S2/c1-9-13-17-21-23-27-31-59(29-25-19-15-11-3)53-97-81-70-50-58(8)99-83(70)82(98-54-60(30-26-20-16-12-4)32-28-24-22-18-14-10-2)71-52-72(100-84(71)81)69-51-68-67(79-80(69)96-77(64-43-47-66(48-44-64)86(90,91)92)75(95-79)62-39-35-56(6)36-40-62)49-57(7)73-78(68)94-76(63-41-45-65(46-42-63)85(87,88)89)74(93-73)61-37-33-55(5)34-38-61/h33-52,59-60H,9-32,53-54H2,1-8H3. The lowest BCUT2D eigenvalue weighted by atomic mass is 9.95. The first kappa shape index (κ1) is 73.8. The zero-order valence-electron chi connectivity index (χ0n) is 59.8. The molecular weight excluding hydrogens is 1300 g/mol. The van der Waals surface area contributed by atoms with Gasteiger partial charge in [0.05, 0.1) is 78.6 Å². The second-order valence-corrected chi connectivity index (χ2v) is 30.4. The third kappa shape index (κ3) is 17.7. The average Bonchev–Trinajstić information content (AvgIpc) is 1.05. The Balaban J connectivity index is 1.18. The molecule has 0 saturated heterocycles. The van der Waals surface area contributed by atoms with E-state index in [1.807, 2.05) is 69.3 Å². The minimum absolute atomic E-state index is 0.363. The number of aromatic nitrogens is 4. The molecule has 4 heterocycles. The SMILES string of the molecule is CCCCCCCCC(CCCCCC)COc1c2cc(-c3cc4c(cc(C)c5nc(-c6ccc(C)cc6)c(-c6ccc(C(F)(F)F)cc6)nc54)c4nc(-c5ccc(C)cc5)c(-c5ccc(C(F)(F)F)cc5)nc34)sc2c(OCC(CCCCCC)CCCCCCCC)c2cc(C)sc12. The van der Waals surface area contributed by atoms with Gasteiger partial charge in [0.25, 0.3) is 0 Å². The lowest BCUT2D eigenvalue weighted by Gasteiger charge is -2.21. The molecule has 0 aliphatic carbocycles. The van der Waals surface area contributed by atoms with Crippen molar-refractivity contribution in [3.63, 3.8) is 0 Å². The van der Waals surface area contributed by atoms with Crippen LogP contribution in [0.3, 0.4) is 0 Å². The van der Waals surface area contributed by atoms with E-state index in [1.54, 1.807) is 22.7 Å². The Morgan fingerprint density at radius 2 is 0.700 bits per heavy atom. The quantitative estimate of drug-likeness (QED) is 0.0224. The van der Waals surface area contributed by atoms with Gasteiger partial charge in [0, 0.05) is 59.1 Å². The maximum atomic E-state index is 14.4. The van der Waals surface area contributed by atoms with E-state index < -0.39 is 23.5 Å². The van der Waals surface area contributed by atoms with Crippen LogP contribution in [0, 0.1) is 39.5 Å². The van der Waals surface area contributed by atoms with E-state index in [2.05, 4.69) is 58.9 Å². The normalized spacial score (nSPS) is 12.9. The number of fused-ring (bicyclic) bond motifs is 7. The lowest BCUT2D eigenvalue weighted by molar-refractivity contribution is -0.138. The molecule has 0 aliphatic heterocycles. The molecule has 6 nitrogen and oxygen atoms in total. The molecule has 0 saturated carbocycles. The molecule has 2 atom stereocenters. The molecule has 0 bridgehead atoms. The van der Waals surface area contributed by atoms with Gasteiger partial charge in [-0.2, -0.15) is 26.3 Å². The van der Waals surface area contributed by atoms with Crippen molar-refractivity contribution in [2.24, 2.45) is 11.8 Å². The average molecular weight is 1400 g/mol. The first-order chi connectivity index (χ1) is 48.3. The number of benzene rings is 7. The predicted octanol–water partition coefficient (Wildman–Crippen LogP) is 28.2. The van der Waals surface area contributed by atoms with Gasteiger partial charge in [0.15, 0.2) is 0 Å². The number of thiophene rings is 2. The van der Waals surface area contributed by atoms with Crippen molar-refractivity contribution in [2.75, 3.05) is 13.2 Å². The Kier molecular flexibility index (Phi) is 25.1. The molecule has 7 aromatic carbocycles. The maximum absolute atomic E-state index is 14.4. The fraction of sp³-hybridized carbons (Fsp3) is 0.442. The van der Waals surface area contributed by atoms with Gasteiger partial charge in [-0.3, -0.25) is 0 Å². The molecule has 4 aromatic heterocycles. The number of aryl methyl sites for hydroxylation is 4. The van der Waals surface area contributed by atoms with Crippen LogP contribution in [0.25, 0.3) is 108 Å². The molecule has 0 fully saturated rings. The molecule has 14 heteroatoms. The summed E-state index contributed by atoms with van der Waals surface area (Å²) in [7, 11) is 0. The van der Waals surface area contributed by atoms with Gasteiger partial charge in [-0.1, -0.05) is 240 Å². The molecule has 0 radical (unpaired) electrons. The van der Waals surface area contributed by atoms with Crippen LogP contribution in [0.2, 0.25) is 0 Å². The highest BCUT2D eigenvalue weighted by Gasteiger charge is 2.33. The lowest BCUT2D eigenvalue weighted by Crippen LogP contribution is -2.14. The molecule has 11 aromatic rings. The number of nitrogens with zero attached hydrogens (tertiary/aromatic N) is 4. The summed E-state index contributed by atoms with van der Waals surface area (Å²) < 4.78 is 103. The van der Waals surface area contributed by atoms with Crippen molar-refractivity contribution >= 4 is 75.7 Å². The number of alkyl halides is 6. The smallest absolute Gasteiger partial charge is 0.416 e. The third-order valence-electron chi connectivity index (χ3n) is 20.0. The van der Waals surface area contributed by atoms with E-state index >= 15 is 0 Å². The fourth-order valence-electron chi connectivity index (χ4n) is 14.2. The summed E-state index contributed by atoms with van der Waals surface area (Å²) in [5, 5.41) is 3.36. The summed E-state index contributed by atoms with van der Waals surface area (Å²) in [6.45, 7) is 18.3. The summed E-state index contributed by atoms with van der Waals surface area (Å²) in [6.07, 6.45) is 19.4. The minimum Gasteiger partial charge on any atom is -0.491 e. The van der Waals surface area contributed by atoms with E-state index in [9.17, 15) is 26.3 Å². The van der Waals surface area contributed by atoms with Crippen LogP contribution in [-0.2, 0) is 12.4 Å². The molecule has 2 unspecified atom stereocenters. The molecule has 0 spiro atoms. The van der Waals surface area contributed by atoms with Gasteiger partial charge in [0.2, 0.25) is 0 Å². The summed E-state index contributed by atoms with van der Waals surface area (Å²) in [6, 6.07) is 34.8. The summed E-state index contributed by atoms with van der Waals surface area (Å²) in [4.78, 5) is 24.4. The Labute approximate surface area is 595 Å². The monoisotopic (exact) mass is 1400 g/mol. The molecule has 100 heavy (non-hydrogen) atoms. The van der Waals surface area contributed by atoms with Crippen LogP contribution in [0.15, 0.2) is 121 Å². The topological polar surface area (TPSA) is 70.0 Å². The number of halogens is 6. The van der Waals surface area contributed by atoms with Gasteiger partial charge in [-0.05, 0) is 119 Å². The zero-order valence-corrected chi connectivity index (χ0v) is 61.4. The molecule has 0 aliphatic rings. The molecule has 528 valence electrons. The summed E-state index contributed by atoms with van der Waals surface area (Å²) in [5.41, 5.74) is 8.37. The molecule has 0 N–H and O–H groups in total. The van der Waals surface area contributed by atoms with Crippen LogP contribution in [-0.4, -0.2) is 33.1 Å². The number of ether oxygens (including phenoxy) is 2. The Morgan fingerprint density at radius 1 is 0.360 bits per heavy atom. The van der Waals surface area contributed by atoms with E-state index in [1.165, 1.54) is 127 Å². The number of hydrogen-bond donors (Lipinski definition) is 0. The van der Waals surface area contributed by atoms with Crippen LogP contribution in [0.4, 0.5) is 26.3 Å². The van der Waals surface area contributed by atoms with Crippen LogP contribution in [0.5, 0.6) is 11.5 Å². The Morgan fingerprint density at radius 3 is 1.12 bits per heavy atom. The van der Waals surface area contributed by atoms with Crippen molar-refractivity contribution in [3.8, 4) is 67.0 Å². The van der Waals surface area contributed by atoms with Crippen molar-refractivity contribution in [1.29, 1.82) is 0 Å². The molecule has 0 amide bonds. The minimum atomic E-state index is -4.57. The maximum Gasteiger partial charge on any atom is 0.416 e. The number of rotatable bonds is 35. The van der Waals surface area contributed by atoms with Crippen molar-refractivity contribution in [1.82, 2.24) is 19.9 Å². The largest absolute Gasteiger partial charge is 0.491 e. The third-order valence-corrected chi connectivity index (χ3v) is 22.3. The van der Waals surface area contributed by atoms with Crippen LogP contribution < -0.4 is 9.47 Å². The van der Waals surface area contributed by atoms with E-state index in [-0.39, 0.29) is 0 Å². The van der Waals surface area contributed by atoms with Crippen molar-refractivity contribution in [2.45, 2.75) is 222 Å². The summed E-state index contributed by atoms with van der Waals surface area (Å²) in [5.74, 6) is 2.40. The van der Waals surface area contributed by atoms with Crippen LogP contribution in [0.1, 0.15) is 214 Å². The first-order valence-electron chi connectivity index (χ1n) is 37.1. The Bertz CT molecular complexity index is 4430. The highest BCUT2D eigenvalue weighted by atomic mass is 32.1. The predicted molar refractivity (Wildman–Crippen MR) is 409 cm³/mol. The van der Waals surface area contributed by atoms with Gasteiger partial charge in [0.1, 0.15) is 11.5 Å². The number of unbranched alkanes of at least 4 members (excludes halogenated alkanes) is 16. The Hall–Kier alpha value is -7.42. The van der Waals surface area contributed by atoms with E-state index in [4.69, 9.17) is 29.4 Å². The highest BCUT2D eigenvalue weighted by Crippen LogP contribution is 2.53. The molecule has 11 rings (SSSR count).